The second kappa shape index (κ2) is 8.13. The molecule has 2 aromatic rings. The van der Waals surface area contributed by atoms with Crippen molar-refractivity contribution in [2.24, 2.45) is 0 Å². The van der Waals surface area contributed by atoms with Crippen LogP contribution in [0.3, 0.4) is 0 Å². The van der Waals surface area contributed by atoms with E-state index in [0.717, 1.165) is 5.56 Å². The van der Waals surface area contributed by atoms with Crippen molar-refractivity contribution in [2.45, 2.75) is 19.1 Å². The van der Waals surface area contributed by atoms with Gasteiger partial charge >= 0.3 is 6.03 Å². The molecule has 1 atom stereocenters. The van der Waals surface area contributed by atoms with Crippen molar-refractivity contribution in [1.82, 2.24) is 10.6 Å². The molecule has 0 aliphatic carbocycles. The molecule has 4 nitrogen and oxygen atoms in total. The smallest absolute Gasteiger partial charge is 0.315 e. The van der Waals surface area contributed by atoms with Gasteiger partial charge in [-0.3, -0.25) is 0 Å². The standard InChI is InChI=1S/C18H20ClFN2O2/c1-18(24-2,14-6-4-7-15(19)10-14)12-22-17(23)21-11-13-5-3-8-16(20)9-13/h3-10H,11-12H2,1-2H3,(H2,21,22,23). The lowest BCUT2D eigenvalue weighted by molar-refractivity contribution is 0.00488. The minimum Gasteiger partial charge on any atom is -0.372 e. The number of urea groups is 1. The van der Waals surface area contributed by atoms with Gasteiger partial charge in [-0.1, -0.05) is 35.9 Å². The molecule has 0 fully saturated rings. The lowest BCUT2D eigenvalue weighted by Crippen LogP contribution is -2.44. The van der Waals surface area contributed by atoms with Crippen LogP contribution in [0.4, 0.5) is 9.18 Å². The second-order valence-electron chi connectivity index (χ2n) is 5.61. The molecular formula is C18H20ClFN2O2. The summed E-state index contributed by atoms with van der Waals surface area (Å²) in [7, 11) is 1.58. The van der Waals surface area contributed by atoms with Crippen LogP contribution >= 0.6 is 11.6 Å². The molecule has 1 unspecified atom stereocenters. The third kappa shape index (κ3) is 4.94. The third-order valence-electron chi connectivity index (χ3n) is 3.81. The molecule has 0 saturated heterocycles. The van der Waals surface area contributed by atoms with Crippen molar-refractivity contribution in [2.75, 3.05) is 13.7 Å². The topological polar surface area (TPSA) is 50.4 Å². The van der Waals surface area contributed by atoms with Crippen LogP contribution in [0.15, 0.2) is 48.5 Å². The van der Waals surface area contributed by atoms with Crippen LogP contribution in [0.5, 0.6) is 0 Å². The number of halogens is 2. The summed E-state index contributed by atoms with van der Waals surface area (Å²) in [5.74, 6) is -0.331. The van der Waals surface area contributed by atoms with Crippen LogP contribution in [0.25, 0.3) is 0 Å². The van der Waals surface area contributed by atoms with E-state index in [0.29, 0.717) is 10.6 Å². The van der Waals surface area contributed by atoms with E-state index in [-0.39, 0.29) is 24.9 Å². The predicted molar refractivity (Wildman–Crippen MR) is 92.5 cm³/mol. The van der Waals surface area contributed by atoms with Gasteiger partial charge in [0.05, 0.1) is 6.54 Å². The average Bonchev–Trinajstić information content (AvgIpc) is 2.58. The highest BCUT2D eigenvalue weighted by atomic mass is 35.5. The van der Waals surface area contributed by atoms with Gasteiger partial charge in [0.25, 0.3) is 0 Å². The van der Waals surface area contributed by atoms with Gasteiger partial charge < -0.3 is 15.4 Å². The first-order valence-corrected chi connectivity index (χ1v) is 7.88. The zero-order valence-electron chi connectivity index (χ0n) is 13.6. The fourth-order valence-corrected chi connectivity index (χ4v) is 2.44. The number of hydrogen-bond acceptors (Lipinski definition) is 2. The molecule has 2 aromatic carbocycles. The Labute approximate surface area is 146 Å². The Morgan fingerprint density at radius 1 is 1.21 bits per heavy atom. The first-order chi connectivity index (χ1) is 11.4. The number of carbonyl (C=O) groups excluding carboxylic acids is 1. The fraction of sp³-hybridized carbons (Fsp3) is 0.278. The summed E-state index contributed by atoms with van der Waals surface area (Å²) in [4.78, 5) is 12.0. The van der Waals surface area contributed by atoms with Gasteiger partial charge in [0.1, 0.15) is 11.4 Å². The number of benzene rings is 2. The van der Waals surface area contributed by atoms with E-state index in [1.54, 1.807) is 31.4 Å². The van der Waals surface area contributed by atoms with E-state index in [4.69, 9.17) is 16.3 Å². The molecule has 24 heavy (non-hydrogen) atoms. The highest BCUT2D eigenvalue weighted by Gasteiger charge is 2.27. The zero-order chi connectivity index (χ0) is 17.6. The molecule has 0 aliphatic rings. The Hall–Kier alpha value is -2.11. The van der Waals surface area contributed by atoms with Gasteiger partial charge in [-0.05, 0) is 42.3 Å². The highest BCUT2D eigenvalue weighted by Crippen LogP contribution is 2.26. The molecule has 128 valence electrons. The van der Waals surface area contributed by atoms with Crippen LogP contribution in [0.1, 0.15) is 18.1 Å². The number of amides is 2. The maximum atomic E-state index is 13.1. The van der Waals surface area contributed by atoms with Gasteiger partial charge in [-0.2, -0.15) is 0 Å². The molecule has 0 heterocycles. The van der Waals surface area contributed by atoms with Gasteiger partial charge in [0.15, 0.2) is 0 Å². The molecule has 0 aliphatic heterocycles. The minimum atomic E-state index is -0.707. The number of nitrogens with one attached hydrogen (secondary N) is 2. The van der Waals surface area contributed by atoms with E-state index in [1.807, 2.05) is 19.1 Å². The van der Waals surface area contributed by atoms with Crippen LogP contribution in [0, 0.1) is 5.82 Å². The molecule has 6 heteroatoms. The Morgan fingerprint density at radius 3 is 2.62 bits per heavy atom. The molecular weight excluding hydrogens is 331 g/mol. The molecule has 0 spiro atoms. The average molecular weight is 351 g/mol. The van der Waals surface area contributed by atoms with E-state index < -0.39 is 5.60 Å². The number of hydrogen-bond donors (Lipinski definition) is 2. The second-order valence-corrected chi connectivity index (χ2v) is 6.05. The van der Waals surface area contributed by atoms with Crippen molar-refractivity contribution >= 4 is 17.6 Å². The molecule has 0 saturated carbocycles. The van der Waals surface area contributed by atoms with Gasteiger partial charge in [0, 0.05) is 18.7 Å². The maximum Gasteiger partial charge on any atom is 0.315 e. The highest BCUT2D eigenvalue weighted by molar-refractivity contribution is 6.30. The summed E-state index contributed by atoms with van der Waals surface area (Å²) in [6.07, 6.45) is 0. The largest absolute Gasteiger partial charge is 0.372 e. The number of ether oxygens (including phenoxy) is 1. The predicted octanol–water partition coefficient (Wildman–Crippen LogP) is 3.84. The maximum absolute atomic E-state index is 13.1. The molecule has 2 amide bonds. The Balaban J connectivity index is 1.91. The van der Waals surface area contributed by atoms with E-state index in [2.05, 4.69) is 10.6 Å². The summed E-state index contributed by atoms with van der Waals surface area (Å²) >= 11 is 6.02. The summed E-state index contributed by atoms with van der Waals surface area (Å²) in [6, 6.07) is 13.0. The van der Waals surface area contributed by atoms with Gasteiger partial charge in [-0.25, -0.2) is 9.18 Å². The van der Waals surface area contributed by atoms with Crippen molar-refractivity contribution in [1.29, 1.82) is 0 Å². The molecule has 2 rings (SSSR count). The summed E-state index contributed by atoms with van der Waals surface area (Å²) < 4.78 is 18.7. The lowest BCUT2D eigenvalue weighted by Gasteiger charge is -2.29. The number of methoxy groups -OCH3 is 1. The number of rotatable bonds is 6. The number of carbonyl (C=O) groups is 1. The SMILES string of the molecule is COC(C)(CNC(=O)NCc1cccc(F)c1)c1cccc(Cl)c1. The summed E-state index contributed by atoms with van der Waals surface area (Å²) in [5, 5.41) is 6.06. The summed E-state index contributed by atoms with van der Waals surface area (Å²) in [6.45, 7) is 2.37. The monoisotopic (exact) mass is 350 g/mol. The molecule has 0 aromatic heterocycles. The van der Waals surface area contributed by atoms with E-state index in [1.165, 1.54) is 12.1 Å². The first kappa shape index (κ1) is 18.2. The Morgan fingerprint density at radius 2 is 1.96 bits per heavy atom. The Kier molecular flexibility index (Phi) is 6.17. The van der Waals surface area contributed by atoms with Crippen molar-refractivity contribution < 1.29 is 13.9 Å². The van der Waals surface area contributed by atoms with Crippen molar-refractivity contribution in [3.63, 3.8) is 0 Å². The first-order valence-electron chi connectivity index (χ1n) is 7.50. The quantitative estimate of drug-likeness (QED) is 0.831. The molecule has 0 bridgehead atoms. The molecule has 2 N–H and O–H groups in total. The Bertz CT molecular complexity index is 711. The van der Waals surface area contributed by atoms with Crippen molar-refractivity contribution in [3.05, 3.63) is 70.5 Å². The van der Waals surface area contributed by atoms with Gasteiger partial charge in [-0.15, -0.1) is 0 Å². The van der Waals surface area contributed by atoms with Crippen molar-refractivity contribution in [3.8, 4) is 0 Å². The van der Waals surface area contributed by atoms with Crippen LogP contribution < -0.4 is 10.6 Å². The van der Waals surface area contributed by atoms with Gasteiger partial charge in [0.2, 0.25) is 0 Å². The third-order valence-corrected chi connectivity index (χ3v) is 4.05. The van der Waals surface area contributed by atoms with Crippen LogP contribution in [0.2, 0.25) is 5.02 Å². The normalized spacial score (nSPS) is 13.2. The molecule has 0 radical (unpaired) electrons. The van der Waals surface area contributed by atoms with Crippen LogP contribution in [-0.4, -0.2) is 19.7 Å². The fourth-order valence-electron chi connectivity index (χ4n) is 2.25. The van der Waals surface area contributed by atoms with E-state index >= 15 is 0 Å². The minimum absolute atomic E-state index is 0.241. The zero-order valence-corrected chi connectivity index (χ0v) is 14.4. The lowest BCUT2D eigenvalue weighted by atomic mass is 9.96. The van der Waals surface area contributed by atoms with Crippen LogP contribution in [-0.2, 0) is 16.9 Å². The van der Waals surface area contributed by atoms with E-state index in [9.17, 15) is 9.18 Å². The summed E-state index contributed by atoms with van der Waals surface area (Å²) in [5.41, 5.74) is 0.846.